The maximum atomic E-state index is 12.7. The Hall–Kier alpha value is -0.640. The monoisotopic (exact) mass is 163 g/mol. The van der Waals surface area contributed by atoms with E-state index in [1.54, 1.807) is 13.8 Å². The molecule has 0 aliphatic heterocycles. The number of halogens is 1. The molecule has 0 aromatic rings. The van der Waals surface area contributed by atoms with E-state index < -0.39 is 17.7 Å². The van der Waals surface area contributed by atoms with Crippen molar-refractivity contribution in [3.8, 4) is 0 Å². The summed E-state index contributed by atoms with van der Waals surface area (Å²) in [6, 6.07) is 0. The number of carbonyl (C=O) groups excluding carboxylic acids is 1. The Balaban J connectivity index is 3.87. The molecule has 0 saturated heterocycles. The summed E-state index contributed by atoms with van der Waals surface area (Å²) in [5.41, 5.74) is 4.81. The lowest BCUT2D eigenvalue weighted by Crippen LogP contribution is -2.37. The highest BCUT2D eigenvalue weighted by atomic mass is 19.1. The molecule has 0 amide bonds. The maximum absolute atomic E-state index is 12.7. The predicted octanol–water partition coefficient (Wildman–Crippen LogP) is 0.625. The van der Waals surface area contributed by atoms with Gasteiger partial charge in [-0.25, -0.2) is 9.18 Å². The number of ether oxygens (including phenoxy) is 1. The van der Waals surface area contributed by atoms with Crippen LogP contribution >= 0.6 is 0 Å². The van der Waals surface area contributed by atoms with Gasteiger partial charge in [0.1, 0.15) is 0 Å². The molecule has 0 aliphatic rings. The molecule has 1 atom stereocenters. The molecular formula is C7H14FNO2. The van der Waals surface area contributed by atoms with E-state index in [1.165, 1.54) is 0 Å². The number of esters is 1. The van der Waals surface area contributed by atoms with Gasteiger partial charge in [-0.05, 0) is 13.8 Å². The van der Waals surface area contributed by atoms with Crippen molar-refractivity contribution in [2.45, 2.75) is 32.0 Å². The average Bonchev–Trinajstić information content (AvgIpc) is 1.82. The fourth-order valence-corrected chi connectivity index (χ4v) is 0.673. The van der Waals surface area contributed by atoms with Gasteiger partial charge < -0.3 is 10.5 Å². The third kappa shape index (κ3) is 4.72. The van der Waals surface area contributed by atoms with E-state index in [0.29, 0.717) is 0 Å². The lowest BCUT2D eigenvalue weighted by molar-refractivity contribution is -0.147. The highest BCUT2D eigenvalue weighted by Gasteiger charge is 2.24. The van der Waals surface area contributed by atoms with Gasteiger partial charge in [-0.3, -0.25) is 0 Å². The summed E-state index contributed by atoms with van der Waals surface area (Å²) in [5, 5.41) is 0. The quantitative estimate of drug-likeness (QED) is 0.621. The Morgan fingerprint density at radius 1 is 1.73 bits per heavy atom. The summed E-state index contributed by atoms with van der Waals surface area (Å²) in [5.74, 6) is -0.858. The summed E-state index contributed by atoms with van der Waals surface area (Å²) in [6.07, 6.45) is -1.63. The van der Waals surface area contributed by atoms with Crippen LogP contribution in [-0.2, 0) is 9.53 Å². The summed E-state index contributed by atoms with van der Waals surface area (Å²) < 4.78 is 16.9. The van der Waals surface area contributed by atoms with Gasteiger partial charge in [-0.2, -0.15) is 0 Å². The van der Waals surface area contributed by atoms with E-state index in [9.17, 15) is 9.18 Å². The first-order chi connectivity index (χ1) is 4.87. The van der Waals surface area contributed by atoms with Gasteiger partial charge in [0.05, 0.1) is 7.11 Å². The number of hydrogen-bond acceptors (Lipinski definition) is 3. The highest BCUT2D eigenvalue weighted by Crippen LogP contribution is 2.11. The minimum atomic E-state index is -1.61. The minimum absolute atomic E-state index is 0.0142. The van der Waals surface area contributed by atoms with Crippen LogP contribution in [0.4, 0.5) is 4.39 Å². The molecule has 0 spiro atoms. The van der Waals surface area contributed by atoms with Crippen molar-refractivity contribution in [2.24, 2.45) is 5.73 Å². The van der Waals surface area contributed by atoms with Crippen molar-refractivity contribution in [1.29, 1.82) is 0 Å². The van der Waals surface area contributed by atoms with Gasteiger partial charge in [-0.1, -0.05) is 0 Å². The van der Waals surface area contributed by atoms with Gasteiger partial charge in [0, 0.05) is 12.0 Å². The molecule has 2 N–H and O–H groups in total. The SMILES string of the molecule is COC(=O)C(F)CC(C)(C)N. The molecule has 0 saturated carbocycles. The van der Waals surface area contributed by atoms with Crippen LogP contribution in [0.15, 0.2) is 0 Å². The molecule has 4 heteroatoms. The molecule has 66 valence electrons. The Labute approximate surface area is 65.7 Å². The lowest BCUT2D eigenvalue weighted by atomic mass is 9.99. The van der Waals surface area contributed by atoms with Gasteiger partial charge in [0.25, 0.3) is 0 Å². The van der Waals surface area contributed by atoms with Gasteiger partial charge in [-0.15, -0.1) is 0 Å². The van der Waals surface area contributed by atoms with E-state index in [2.05, 4.69) is 4.74 Å². The Kier molecular flexibility index (Phi) is 3.45. The van der Waals surface area contributed by atoms with E-state index in [4.69, 9.17) is 5.73 Å². The standard InChI is InChI=1S/C7H14FNO2/c1-7(2,9)4-5(8)6(10)11-3/h5H,4,9H2,1-3H3. The van der Waals surface area contributed by atoms with E-state index in [-0.39, 0.29) is 6.42 Å². The molecule has 0 rings (SSSR count). The summed E-state index contributed by atoms with van der Waals surface area (Å²) in [6.45, 7) is 3.31. The molecule has 3 nitrogen and oxygen atoms in total. The fraction of sp³-hybridized carbons (Fsp3) is 0.857. The average molecular weight is 163 g/mol. The van der Waals surface area contributed by atoms with Crippen LogP contribution < -0.4 is 5.73 Å². The summed E-state index contributed by atoms with van der Waals surface area (Å²) in [4.78, 5) is 10.5. The lowest BCUT2D eigenvalue weighted by Gasteiger charge is -2.19. The van der Waals surface area contributed by atoms with Crippen LogP contribution in [0.1, 0.15) is 20.3 Å². The van der Waals surface area contributed by atoms with Crippen molar-refractivity contribution < 1.29 is 13.9 Å². The van der Waals surface area contributed by atoms with Crippen molar-refractivity contribution in [3.05, 3.63) is 0 Å². The van der Waals surface area contributed by atoms with E-state index in [0.717, 1.165) is 7.11 Å². The number of methoxy groups -OCH3 is 1. The smallest absolute Gasteiger partial charge is 0.340 e. The fourth-order valence-electron chi connectivity index (χ4n) is 0.673. The third-order valence-corrected chi connectivity index (χ3v) is 1.16. The highest BCUT2D eigenvalue weighted by molar-refractivity contribution is 5.74. The molecule has 0 radical (unpaired) electrons. The molecular weight excluding hydrogens is 149 g/mol. The zero-order chi connectivity index (χ0) is 9.07. The minimum Gasteiger partial charge on any atom is -0.467 e. The molecule has 0 bridgehead atoms. The molecule has 0 aromatic heterocycles. The summed E-state index contributed by atoms with van der Waals surface area (Å²) in [7, 11) is 1.15. The molecule has 1 unspecified atom stereocenters. The second-order valence-electron chi connectivity index (χ2n) is 3.18. The Morgan fingerprint density at radius 2 is 2.18 bits per heavy atom. The van der Waals surface area contributed by atoms with Crippen molar-refractivity contribution >= 4 is 5.97 Å². The van der Waals surface area contributed by atoms with Gasteiger partial charge in [0.2, 0.25) is 0 Å². The van der Waals surface area contributed by atoms with E-state index in [1.807, 2.05) is 0 Å². The van der Waals surface area contributed by atoms with Gasteiger partial charge >= 0.3 is 5.97 Å². The van der Waals surface area contributed by atoms with Gasteiger partial charge in [0.15, 0.2) is 6.17 Å². The number of hydrogen-bond donors (Lipinski definition) is 1. The van der Waals surface area contributed by atoms with Crippen LogP contribution in [0.5, 0.6) is 0 Å². The van der Waals surface area contributed by atoms with Crippen LogP contribution in [0, 0.1) is 0 Å². The van der Waals surface area contributed by atoms with Crippen molar-refractivity contribution in [1.82, 2.24) is 0 Å². The van der Waals surface area contributed by atoms with Crippen LogP contribution in [0.3, 0.4) is 0 Å². The second-order valence-corrected chi connectivity index (χ2v) is 3.18. The summed E-state index contributed by atoms with van der Waals surface area (Å²) >= 11 is 0. The number of carbonyl (C=O) groups is 1. The molecule has 0 heterocycles. The Bertz CT molecular complexity index is 142. The topological polar surface area (TPSA) is 52.3 Å². The molecule has 0 aliphatic carbocycles. The van der Waals surface area contributed by atoms with Crippen molar-refractivity contribution in [3.63, 3.8) is 0 Å². The zero-order valence-electron chi connectivity index (χ0n) is 7.06. The Morgan fingerprint density at radius 3 is 2.45 bits per heavy atom. The van der Waals surface area contributed by atoms with Crippen molar-refractivity contribution in [2.75, 3.05) is 7.11 Å². The number of alkyl halides is 1. The first-order valence-corrected chi connectivity index (χ1v) is 3.37. The first-order valence-electron chi connectivity index (χ1n) is 3.37. The second kappa shape index (κ2) is 3.67. The molecule has 0 fully saturated rings. The normalized spacial score (nSPS) is 14.3. The first kappa shape index (κ1) is 10.4. The predicted molar refractivity (Wildman–Crippen MR) is 39.8 cm³/mol. The molecule has 0 aromatic carbocycles. The van der Waals surface area contributed by atoms with E-state index >= 15 is 0 Å². The van der Waals surface area contributed by atoms with Crippen LogP contribution in [-0.4, -0.2) is 24.8 Å². The maximum Gasteiger partial charge on any atom is 0.340 e. The van der Waals surface area contributed by atoms with Crippen LogP contribution in [0.2, 0.25) is 0 Å². The number of nitrogens with two attached hydrogens (primary N) is 1. The largest absolute Gasteiger partial charge is 0.467 e. The number of rotatable bonds is 3. The van der Waals surface area contributed by atoms with Crippen LogP contribution in [0.25, 0.3) is 0 Å². The zero-order valence-corrected chi connectivity index (χ0v) is 7.06. The molecule has 11 heavy (non-hydrogen) atoms. The third-order valence-electron chi connectivity index (χ3n) is 1.16.